The Kier molecular flexibility index (Phi) is 4.68. The van der Waals surface area contributed by atoms with E-state index in [1.165, 1.54) is 5.56 Å². The average molecular weight is 410 g/mol. The van der Waals surface area contributed by atoms with E-state index in [1.807, 2.05) is 18.2 Å². The van der Waals surface area contributed by atoms with Crippen LogP contribution in [0.1, 0.15) is 32.6 Å². The van der Waals surface area contributed by atoms with Gasteiger partial charge in [0.15, 0.2) is 0 Å². The lowest BCUT2D eigenvalue weighted by Gasteiger charge is -2.29. The Hall–Kier alpha value is -3.70. The van der Waals surface area contributed by atoms with Gasteiger partial charge in [0.05, 0.1) is 11.3 Å². The Morgan fingerprint density at radius 3 is 2.55 bits per heavy atom. The number of carbonyl (C=O) groups excluding carboxylic acids is 1. The lowest BCUT2D eigenvalue weighted by molar-refractivity contribution is -0.110. The zero-order chi connectivity index (χ0) is 21.5. The minimum Gasteiger partial charge on any atom is -0.478 e. The first-order valence-electron chi connectivity index (χ1n) is 10.3. The summed E-state index contributed by atoms with van der Waals surface area (Å²) in [6, 6.07) is 19.1. The van der Waals surface area contributed by atoms with Crippen molar-refractivity contribution in [3.8, 4) is 11.1 Å². The predicted octanol–water partition coefficient (Wildman–Crippen LogP) is 4.53. The lowest BCUT2D eigenvalue weighted by atomic mass is 9.86. The smallest absolute Gasteiger partial charge is 0.336 e. The molecule has 5 rings (SSSR count). The van der Waals surface area contributed by atoms with Crippen molar-refractivity contribution < 1.29 is 14.7 Å². The van der Waals surface area contributed by atoms with E-state index in [2.05, 4.69) is 35.5 Å². The summed E-state index contributed by atoms with van der Waals surface area (Å²) in [5.74, 6) is -1.21. The van der Waals surface area contributed by atoms with Gasteiger partial charge in [-0.2, -0.15) is 0 Å². The quantitative estimate of drug-likeness (QED) is 0.623. The Bertz CT molecular complexity index is 1250. The number of fused-ring (bicyclic) bond motifs is 3. The van der Waals surface area contributed by atoms with E-state index < -0.39 is 5.97 Å². The number of carboxylic acids is 1. The van der Waals surface area contributed by atoms with E-state index in [-0.39, 0.29) is 11.5 Å². The number of nitrogens with one attached hydrogen (secondary N) is 1. The fourth-order valence-electron chi connectivity index (χ4n) is 4.54. The van der Waals surface area contributed by atoms with Crippen LogP contribution in [-0.4, -0.2) is 35.5 Å². The molecule has 0 radical (unpaired) electrons. The molecule has 0 atom stereocenters. The van der Waals surface area contributed by atoms with Crippen molar-refractivity contribution in [3.05, 3.63) is 88.5 Å². The molecule has 2 aliphatic heterocycles. The largest absolute Gasteiger partial charge is 0.478 e. The summed E-state index contributed by atoms with van der Waals surface area (Å²) in [5.41, 5.74) is 7.55. The molecular weight excluding hydrogens is 388 g/mol. The summed E-state index contributed by atoms with van der Waals surface area (Å²) in [7, 11) is 2.08. The van der Waals surface area contributed by atoms with Crippen LogP contribution >= 0.6 is 0 Å². The Morgan fingerprint density at radius 1 is 1.03 bits per heavy atom. The van der Waals surface area contributed by atoms with Gasteiger partial charge in [-0.05, 0) is 59.5 Å². The van der Waals surface area contributed by atoms with Crippen LogP contribution in [0.4, 0.5) is 5.69 Å². The highest BCUT2D eigenvalue weighted by Gasteiger charge is 2.32. The van der Waals surface area contributed by atoms with Gasteiger partial charge in [0.2, 0.25) is 0 Å². The first kappa shape index (κ1) is 19.3. The summed E-state index contributed by atoms with van der Waals surface area (Å²) in [4.78, 5) is 26.9. The maximum Gasteiger partial charge on any atom is 0.336 e. The summed E-state index contributed by atoms with van der Waals surface area (Å²) >= 11 is 0. The van der Waals surface area contributed by atoms with Crippen LogP contribution in [0.15, 0.2) is 60.7 Å². The van der Waals surface area contributed by atoms with Crippen LogP contribution in [0.25, 0.3) is 22.8 Å². The first-order valence-corrected chi connectivity index (χ1v) is 10.3. The van der Waals surface area contributed by atoms with Crippen molar-refractivity contribution >= 4 is 29.2 Å². The molecule has 0 saturated heterocycles. The van der Waals surface area contributed by atoms with Gasteiger partial charge in [-0.1, -0.05) is 48.5 Å². The number of likely N-dealkylation sites (N-methyl/N-ethyl adjacent to an activating group) is 1. The minimum absolute atomic E-state index is 0.178. The van der Waals surface area contributed by atoms with Crippen molar-refractivity contribution in [2.45, 2.75) is 13.0 Å². The molecule has 0 bridgehead atoms. The fourth-order valence-corrected chi connectivity index (χ4v) is 4.54. The molecule has 1 amide bonds. The van der Waals surface area contributed by atoms with Gasteiger partial charge >= 0.3 is 5.97 Å². The number of nitrogens with zero attached hydrogens (tertiary/aromatic N) is 1. The third-order valence-electron chi connectivity index (χ3n) is 6.07. The van der Waals surface area contributed by atoms with Gasteiger partial charge in [0.25, 0.3) is 5.91 Å². The molecule has 5 heteroatoms. The van der Waals surface area contributed by atoms with Crippen molar-refractivity contribution in [2.24, 2.45) is 0 Å². The van der Waals surface area contributed by atoms with Crippen LogP contribution in [0, 0.1) is 0 Å². The third kappa shape index (κ3) is 3.33. The van der Waals surface area contributed by atoms with Crippen molar-refractivity contribution in [1.29, 1.82) is 0 Å². The Labute approximate surface area is 180 Å². The van der Waals surface area contributed by atoms with E-state index in [4.69, 9.17) is 0 Å². The van der Waals surface area contributed by atoms with Crippen LogP contribution in [0.5, 0.6) is 0 Å². The molecule has 0 unspecified atom stereocenters. The second-order valence-electron chi connectivity index (χ2n) is 8.06. The molecule has 5 nitrogen and oxygen atoms in total. The van der Waals surface area contributed by atoms with Crippen LogP contribution in [-0.2, 0) is 17.8 Å². The van der Waals surface area contributed by atoms with E-state index in [0.717, 1.165) is 47.5 Å². The van der Waals surface area contributed by atoms with E-state index in [0.29, 0.717) is 11.1 Å². The van der Waals surface area contributed by atoms with E-state index >= 15 is 0 Å². The lowest BCUT2D eigenvalue weighted by Crippen LogP contribution is -2.27. The van der Waals surface area contributed by atoms with Gasteiger partial charge in [0.1, 0.15) is 0 Å². The van der Waals surface area contributed by atoms with Gasteiger partial charge in [-0.15, -0.1) is 0 Å². The summed E-state index contributed by atoms with van der Waals surface area (Å²) in [6.45, 7) is 1.73. The maximum absolute atomic E-state index is 13.0. The molecule has 2 N–H and O–H groups in total. The number of aromatic carboxylic acids is 1. The van der Waals surface area contributed by atoms with Crippen molar-refractivity contribution in [1.82, 2.24) is 4.90 Å². The van der Waals surface area contributed by atoms with Crippen LogP contribution < -0.4 is 5.32 Å². The highest BCUT2D eigenvalue weighted by atomic mass is 16.4. The highest BCUT2D eigenvalue weighted by molar-refractivity contribution is 6.35. The number of carbonyl (C=O) groups is 2. The monoisotopic (exact) mass is 410 g/mol. The number of hydrogen-bond donors (Lipinski definition) is 2. The molecule has 0 saturated carbocycles. The predicted molar refractivity (Wildman–Crippen MR) is 122 cm³/mol. The number of benzene rings is 3. The molecule has 2 heterocycles. The van der Waals surface area contributed by atoms with E-state index in [9.17, 15) is 14.7 Å². The number of anilines is 1. The molecule has 3 aromatic rings. The summed E-state index contributed by atoms with van der Waals surface area (Å²) in [5, 5.41) is 12.6. The average Bonchev–Trinajstić information content (AvgIpc) is 3.09. The molecule has 2 aliphatic rings. The standard InChI is InChI=1S/C26H22N2O3/c1-28-12-11-19-20(16-7-3-2-4-8-16)14-21-22(25(29)27-24(21)23(19)15-28)13-17-9-5-6-10-18(17)26(30)31/h2-10,13-14H,11-12,15H2,1H3,(H,27,29)(H,30,31). The molecule has 0 spiro atoms. The topological polar surface area (TPSA) is 69.6 Å². The number of amides is 1. The Balaban J connectivity index is 1.74. The molecule has 3 aromatic carbocycles. The summed E-state index contributed by atoms with van der Waals surface area (Å²) < 4.78 is 0. The van der Waals surface area contributed by atoms with Crippen LogP contribution in [0.3, 0.4) is 0 Å². The maximum atomic E-state index is 13.0. The van der Waals surface area contributed by atoms with Gasteiger partial charge < -0.3 is 15.3 Å². The third-order valence-corrected chi connectivity index (χ3v) is 6.07. The zero-order valence-corrected chi connectivity index (χ0v) is 17.2. The van der Waals surface area contributed by atoms with Crippen molar-refractivity contribution in [2.75, 3.05) is 18.9 Å². The van der Waals surface area contributed by atoms with E-state index in [1.54, 1.807) is 30.3 Å². The molecular formula is C26H22N2O3. The SMILES string of the molecule is CN1CCc2c(-c3ccccc3)cc3c(c2C1)NC(=O)C3=Cc1ccccc1C(=O)O. The molecule has 0 fully saturated rings. The minimum atomic E-state index is -1.01. The molecule has 154 valence electrons. The number of carboxylic acid groups (broad SMARTS) is 1. The first-order chi connectivity index (χ1) is 15.0. The summed E-state index contributed by atoms with van der Waals surface area (Å²) in [6.07, 6.45) is 2.61. The van der Waals surface area contributed by atoms with Crippen LogP contribution in [0.2, 0.25) is 0 Å². The van der Waals surface area contributed by atoms with Gasteiger partial charge in [0, 0.05) is 24.2 Å². The molecule has 0 aliphatic carbocycles. The van der Waals surface area contributed by atoms with Gasteiger partial charge in [-0.3, -0.25) is 4.79 Å². The molecule has 31 heavy (non-hydrogen) atoms. The van der Waals surface area contributed by atoms with Gasteiger partial charge in [-0.25, -0.2) is 4.79 Å². The second kappa shape index (κ2) is 7.52. The normalized spacial score (nSPS) is 16.7. The van der Waals surface area contributed by atoms with Crippen molar-refractivity contribution in [3.63, 3.8) is 0 Å². The zero-order valence-electron chi connectivity index (χ0n) is 17.2. The number of rotatable bonds is 3. The molecule has 0 aromatic heterocycles. The number of hydrogen-bond acceptors (Lipinski definition) is 3. The fraction of sp³-hybridized carbons (Fsp3) is 0.154. The Morgan fingerprint density at radius 2 is 1.77 bits per heavy atom. The second-order valence-corrected chi connectivity index (χ2v) is 8.06. The highest BCUT2D eigenvalue weighted by Crippen LogP contribution is 2.43.